The lowest BCUT2D eigenvalue weighted by atomic mass is 9.97. The Morgan fingerprint density at radius 3 is 2.37 bits per heavy atom. The number of hydrogen-bond donors (Lipinski definition) is 2. The molecule has 1 atom stereocenters. The molecule has 1 aromatic rings. The minimum absolute atomic E-state index is 0.0379. The molecule has 0 heterocycles. The molecule has 1 amide bonds. The number of benzene rings is 1. The number of amides is 1. The van der Waals surface area contributed by atoms with Crippen LogP contribution in [0.5, 0.6) is 0 Å². The van der Waals surface area contributed by atoms with Crippen LogP contribution in [-0.2, 0) is 9.59 Å². The number of hydrogen-bond acceptors (Lipinski definition) is 3. The van der Waals surface area contributed by atoms with Crippen molar-refractivity contribution >= 4 is 17.6 Å². The molecule has 0 fully saturated rings. The van der Waals surface area contributed by atoms with Crippen LogP contribution in [0.3, 0.4) is 0 Å². The second-order valence-corrected chi connectivity index (χ2v) is 4.57. The van der Waals surface area contributed by atoms with Crippen LogP contribution in [0.4, 0.5) is 5.69 Å². The molecule has 0 aliphatic heterocycles. The minimum Gasteiger partial charge on any atom is -0.480 e. The maximum Gasteiger partial charge on any atom is 0.323 e. The van der Waals surface area contributed by atoms with E-state index >= 15 is 0 Å². The van der Waals surface area contributed by atoms with E-state index in [1.54, 1.807) is 19.1 Å². The van der Waals surface area contributed by atoms with Gasteiger partial charge in [0.05, 0.1) is 0 Å². The summed E-state index contributed by atoms with van der Waals surface area (Å²) in [6, 6.07) is 7.37. The van der Waals surface area contributed by atoms with Gasteiger partial charge in [0.2, 0.25) is 5.91 Å². The molecule has 0 saturated heterocycles. The van der Waals surface area contributed by atoms with Gasteiger partial charge in [-0.2, -0.15) is 0 Å². The molecule has 104 valence electrons. The van der Waals surface area contributed by atoms with Crippen LogP contribution in [0.1, 0.15) is 31.7 Å². The summed E-state index contributed by atoms with van der Waals surface area (Å²) in [4.78, 5) is 24.0. The lowest BCUT2D eigenvalue weighted by molar-refractivity contribution is -0.144. The number of carbonyl (C=O) groups is 2. The Morgan fingerprint density at radius 2 is 1.89 bits per heavy atom. The van der Waals surface area contributed by atoms with E-state index in [1.807, 2.05) is 19.1 Å². The zero-order valence-electron chi connectivity index (χ0n) is 11.3. The third kappa shape index (κ3) is 4.62. The van der Waals surface area contributed by atoms with E-state index in [1.165, 1.54) is 4.90 Å². The summed E-state index contributed by atoms with van der Waals surface area (Å²) in [7, 11) is 0. The molecule has 1 rings (SSSR count). The number of nitrogens with zero attached hydrogens (tertiary/aromatic N) is 1. The van der Waals surface area contributed by atoms with Crippen LogP contribution in [0.2, 0.25) is 0 Å². The molecular formula is C14H20N2O3. The number of likely N-dealkylation sites (N-methyl/N-ethyl adjacent to an activating group) is 1. The molecule has 3 N–H and O–H groups in total. The molecule has 19 heavy (non-hydrogen) atoms. The molecule has 0 saturated carbocycles. The molecular weight excluding hydrogens is 244 g/mol. The van der Waals surface area contributed by atoms with Crippen molar-refractivity contribution in [2.24, 2.45) is 0 Å². The second kappa shape index (κ2) is 6.78. The van der Waals surface area contributed by atoms with Gasteiger partial charge in [0.25, 0.3) is 0 Å². The van der Waals surface area contributed by atoms with E-state index in [2.05, 4.69) is 0 Å². The molecule has 0 spiro atoms. The van der Waals surface area contributed by atoms with Crippen molar-refractivity contribution in [2.45, 2.75) is 26.2 Å². The molecule has 5 nitrogen and oxygen atoms in total. The van der Waals surface area contributed by atoms with Gasteiger partial charge in [0.15, 0.2) is 0 Å². The number of rotatable bonds is 6. The molecule has 5 heteroatoms. The standard InChI is InChI=1S/C14H20N2O3/c1-3-16(9-14(18)19)13(17)8-10(2)11-4-6-12(15)7-5-11/h4-7,10H,3,8-9,15H2,1-2H3,(H,18,19). The van der Waals surface area contributed by atoms with Gasteiger partial charge in [-0.1, -0.05) is 19.1 Å². The van der Waals surface area contributed by atoms with Crippen molar-refractivity contribution in [1.82, 2.24) is 4.90 Å². The highest BCUT2D eigenvalue weighted by atomic mass is 16.4. The number of nitrogen functional groups attached to an aromatic ring is 1. The molecule has 1 aromatic carbocycles. The van der Waals surface area contributed by atoms with Crippen molar-refractivity contribution in [3.63, 3.8) is 0 Å². The number of nitrogens with two attached hydrogens (primary N) is 1. The van der Waals surface area contributed by atoms with Crippen LogP contribution in [0.25, 0.3) is 0 Å². The van der Waals surface area contributed by atoms with Crippen LogP contribution in [0, 0.1) is 0 Å². The van der Waals surface area contributed by atoms with Gasteiger partial charge < -0.3 is 15.7 Å². The van der Waals surface area contributed by atoms with E-state index in [9.17, 15) is 9.59 Å². The highest BCUT2D eigenvalue weighted by Gasteiger charge is 2.18. The fraction of sp³-hybridized carbons (Fsp3) is 0.429. The van der Waals surface area contributed by atoms with Crippen LogP contribution in [-0.4, -0.2) is 35.0 Å². The molecule has 0 aliphatic carbocycles. The monoisotopic (exact) mass is 264 g/mol. The van der Waals surface area contributed by atoms with Gasteiger partial charge in [0, 0.05) is 18.7 Å². The first-order valence-corrected chi connectivity index (χ1v) is 6.29. The van der Waals surface area contributed by atoms with Gasteiger partial charge in [-0.25, -0.2) is 0 Å². The first kappa shape index (κ1) is 15.0. The Bertz CT molecular complexity index is 443. The normalized spacial score (nSPS) is 11.9. The third-order valence-corrected chi connectivity index (χ3v) is 3.05. The number of carboxylic acids is 1. The molecule has 1 unspecified atom stereocenters. The zero-order chi connectivity index (χ0) is 14.4. The smallest absolute Gasteiger partial charge is 0.323 e. The predicted molar refractivity (Wildman–Crippen MR) is 73.8 cm³/mol. The third-order valence-electron chi connectivity index (χ3n) is 3.05. The summed E-state index contributed by atoms with van der Waals surface area (Å²) in [5, 5.41) is 8.74. The average molecular weight is 264 g/mol. The van der Waals surface area contributed by atoms with Crippen molar-refractivity contribution < 1.29 is 14.7 Å². The molecule has 0 aromatic heterocycles. The van der Waals surface area contributed by atoms with E-state index in [4.69, 9.17) is 10.8 Å². The van der Waals surface area contributed by atoms with Crippen molar-refractivity contribution in [3.8, 4) is 0 Å². The first-order chi connectivity index (χ1) is 8.93. The maximum atomic E-state index is 12.0. The lowest BCUT2D eigenvalue weighted by Crippen LogP contribution is -2.35. The summed E-state index contributed by atoms with van der Waals surface area (Å²) >= 11 is 0. The fourth-order valence-electron chi connectivity index (χ4n) is 1.87. The van der Waals surface area contributed by atoms with E-state index in [0.717, 1.165) is 5.56 Å². The summed E-state index contributed by atoms with van der Waals surface area (Å²) in [6.07, 6.45) is 0.297. The summed E-state index contributed by atoms with van der Waals surface area (Å²) in [5.74, 6) is -1.10. The highest BCUT2D eigenvalue weighted by molar-refractivity contribution is 5.81. The highest BCUT2D eigenvalue weighted by Crippen LogP contribution is 2.21. The van der Waals surface area contributed by atoms with Gasteiger partial charge in [-0.3, -0.25) is 9.59 Å². The summed E-state index contributed by atoms with van der Waals surface area (Å²) in [5.41, 5.74) is 7.32. The van der Waals surface area contributed by atoms with E-state index in [-0.39, 0.29) is 18.4 Å². The minimum atomic E-state index is -0.990. The molecule has 0 radical (unpaired) electrons. The zero-order valence-corrected chi connectivity index (χ0v) is 11.3. The number of carboxylic acid groups (broad SMARTS) is 1. The SMILES string of the molecule is CCN(CC(=O)O)C(=O)CC(C)c1ccc(N)cc1. The van der Waals surface area contributed by atoms with Gasteiger partial charge in [-0.05, 0) is 30.5 Å². The van der Waals surface area contributed by atoms with Gasteiger partial charge in [0.1, 0.15) is 6.54 Å². The number of anilines is 1. The molecule has 0 aliphatic rings. The number of carbonyl (C=O) groups excluding carboxylic acids is 1. The average Bonchev–Trinajstić information content (AvgIpc) is 2.36. The van der Waals surface area contributed by atoms with E-state index in [0.29, 0.717) is 18.7 Å². The summed E-state index contributed by atoms with van der Waals surface area (Å²) in [6.45, 7) is 3.87. The van der Waals surface area contributed by atoms with Crippen molar-refractivity contribution in [1.29, 1.82) is 0 Å². The second-order valence-electron chi connectivity index (χ2n) is 4.57. The topological polar surface area (TPSA) is 83.6 Å². The van der Waals surface area contributed by atoms with Gasteiger partial charge >= 0.3 is 5.97 Å². The van der Waals surface area contributed by atoms with Crippen molar-refractivity contribution in [3.05, 3.63) is 29.8 Å². The Labute approximate surface area is 113 Å². The largest absolute Gasteiger partial charge is 0.480 e. The maximum absolute atomic E-state index is 12.0. The van der Waals surface area contributed by atoms with Crippen LogP contribution in [0.15, 0.2) is 24.3 Å². The Kier molecular flexibility index (Phi) is 5.36. The van der Waals surface area contributed by atoms with Gasteiger partial charge in [-0.15, -0.1) is 0 Å². The Hall–Kier alpha value is -2.04. The van der Waals surface area contributed by atoms with E-state index < -0.39 is 5.97 Å². The number of aliphatic carboxylic acids is 1. The Balaban J connectivity index is 2.64. The Morgan fingerprint density at radius 1 is 1.32 bits per heavy atom. The molecule has 0 bridgehead atoms. The fourth-order valence-corrected chi connectivity index (χ4v) is 1.87. The quantitative estimate of drug-likeness (QED) is 0.766. The van der Waals surface area contributed by atoms with Crippen molar-refractivity contribution in [2.75, 3.05) is 18.8 Å². The lowest BCUT2D eigenvalue weighted by Gasteiger charge is -2.21. The summed E-state index contributed by atoms with van der Waals surface area (Å²) < 4.78 is 0. The van der Waals surface area contributed by atoms with Crippen LogP contribution >= 0.6 is 0 Å². The van der Waals surface area contributed by atoms with Crippen LogP contribution < -0.4 is 5.73 Å². The first-order valence-electron chi connectivity index (χ1n) is 6.29. The predicted octanol–water partition coefficient (Wildman–Crippen LogP) is 1.70.